The molecule has 0 unspecified atom stereocenters. The second kappa shape index (κ2) is 8.18. The van der Waals surface area contributed by atoms with Crippen LogP contribution in [0.15, 0.2) is 70.4 Å². The molecule has 1 heterocycles. The van der Waals surface area contributed by atoms with Crippen molar-refractivity contribution < 1.29 is 22.4 Å². The van der Waals surface area contributed by atoms with Crippen LogP contribution in [0.3, 0.4) is 0 Å². The van der Waals surface area contributed by atoms with Crippen molar-refractivity contribution in [1.82, 2.24) is 0 Å². The van der Waals surface area contributed by atoms with E-state index < -0.39 is 10.0 Å². The summed E-state index contributed by atoms with van der Waals surface area (Å²) >= 11 is 0. The smallest absolute Gasteiger partial charge is 0.262 e. The molecule has 1 amide bonds. The van der Waals surface area contributed by atoms with E-state index in [1.54, 1.807) is 43.3 Å². The van der Waals surface area contributed by atoms with E-state index in [2.05, 4.69) is 10.0 Å². The highest BCUT2D eigenvalue weighted by atomic mass is 32.2. The average molecular weight is 400 g/mol. The van der Waals surface area contributed by atoms with Gasteiger partial charge in [0, 0.05) is 11.4 Å². The first-order valence-electron chi connectivity index (χ1n) is 8.59. The van der Waals surface area contributed by atoms with Crippen molar-refractivity contribution in [3.8, 4) is 5.75 Å². The van der Waals surface area contributed by atoms with Crippen LogP contribution in [0.2, 0.25) is 0 Å². The Bertz CT molecular complexity index is 1060. The first kappa shape index (κ1) is 19.5. The lowest BCUT2D eigenvalue weighted by molar-refractivity contribution is 0.102. The number of anilines is 2. The fourth-order valence-electron chi connectivity index (χ4n) is 2.56. The van der Waals surface area contributed by atoms with Gasteiger partial charge in [-0.1, -0.05) is 6.07 Å². The minimum absolute atomic E-state index is 0.0754. The molecule has 0 fully saturated rings. The first-order valence-corrected chi connectivity index (χ1v) is 10.1. The van der Waals surface area contributed by atoms with Gasteiger partial charge in [-0.25, -0.2) is 8.42 Å². The van der Waals surface area contributed by atoms with Crippen LogP contribution in [0, 0.1) is 6.92 Å². The van der Waals surface area contributed by atoms with Crippen molar-refractivity contribution in [3.63, 3.8) is 0 Å². The van der Waals surface area contributed by atoms with Crippen molar-refractivity contribution in [2.45, 2.75) is 18.7 Å². The number of nitrogens with one attached hydrogen (secondary N) is 2. The van der Waals surface area contributed by atoms with E-state index in [1.165, 1.54) is 24.7 Å². The summed E-state index contributed by atoms with van der Waals surface area (Å²) in [6, 6.07) is 12.9. The molecule has 2 aromatic carbocycles. The molecule has 0 saturated heterocycles. The number of carbonyl (C=O) groups is 1. The normalized spacial score (nSPS) is 11.1. The summed E-state index contributed by atoms with van der Waals surface area (Å²) < 4.78 is 38.4. The highest BCUT2D eigenvalue weighted by Gasteiger charge is 2.18. The predicted molar refractivity (Wildman–Crippen MR) is 106 cm³/mol. The second-order valence-corrected chi connectivity index (χ2v) is 7.66. The monoisotopic (exact) mass is 400 g/mol. The summed E-state index contributed by atoms with van der Waals surface area (Å²) in [5, 5.41) is 2.66. The van der Waals surface area contributed by atoms with Crippen LogP contribution in [0.25, 0.3) is 0 Å². The molecule has 0 saturated carbocycles. The van der Waals surface area contributed by atoms with E-state index in [1.807, 2.05) is 6.92 Å². The zero-order chi connectivity index (χ0) is 20.1. The molecule has 0 spiro atoms. The average Bonchev–Trinajstić information content (AvgIpc) is 3.20. The molecular formula is C20H20N2O5S. The zero-order valence-corrected chi connectivity index (χ0v) is 16.2. The Hall–Kier alpha value is -3.26. The zero-order valence-electron chi connectivity index (χ0n) is 15.4. The van der Waals surface area contributed by atoms with Crippen molar-refractivity contribution >= 4 is 27.3 Å². The molecule has 8 heteroatoms. The number of furan rings is 1. The van der Waals surface area contributed by atoms with Crippen molar-refractivity contribution in [1.29, 1.82) is 0 Å². The maximum absolute atomic E-state index is 12.8. The summed E-state index contributed by atoms with van der Waals surface area (Å²) in [7, 11) is -3.84. The van der Waals surface area contributed by atoms with Crippen LogP contribution in [0.4, 0.5) is 11.4 Å². The fourth-order valence-corrected chi connectivity index (χ4v) is 3.89. The molecule has 1 aromatic heterocycles. The van der Waals surface area contributed by atoms with Crippen LogP contribution in [-0.4, -0.2) is 20.9 Å². The summed E-state index contributed by atoms with van der Waals surface area (Å²) in [5.41, 5.74) is 1.68. The summed E-state index contributed by atoms with van der Waals surface area (Å²) in [4.78, 5) is 12.2. The van der Waals surface area contributed by atoms with Gasteiger partial charge in [0.05, 0.1) is 23.3 Å². The number of sulfonamides is 1. The number of hydrogen-bond donors (Lipinski definition) is 2. The third kappa shape index (κ3) is 4.52. The van der Waals surface area contributed by atoms with Gasteiger partial charge < -0.3 is 14.5 Å². The Labute approximate surface area is 163 Å². The van der Waals surface area contributed by atoms with Crippen molar-refractivity contribution in [2.24, 2.45) is 0 Å². The van der Waals surface area contributed by atoms with E-state index in [0.29, 0.717) is 34.9 Å². The summed E-state index contributed by atoms with van der Waals surface area (Å²) in [5.74, 6) is 0.269. The highest BCUT2D eigenvalue weighted by Crippen LogP contribution is 2.24. The number of ether oxygens (including phenoxy) is 1. The quantitative estimate of drug-likeness (QED) is 0.624. The molecule has 7 nitrogen and oxygen atoms in total. The van der Waals surface area contributed by atoms with Crippen LogP contribution in [-0.2, 0) is 10.0 Å². The Morgan fingerprint density at radius 2 is 1.79 bits per heavy atom. The molecule has 0 aliphatic heterocycles. The molecule has 0 aliphatic rings. The lowest BCUT2D eigenvalue weighted by atomic mass is 10.2. The molecule has 28 heavy (non-hydrogen) atoms. The van der Waals surface area contributed by atoms with Crippen LogP contribution in [0.5, 0.6) is 5.75 Å². The second-order valence-electron chi connectivity index (χ2n) is 6.01. The third-order valence-corrected chi connectivity index (χ3v) is 5.46. The lowest BCUT2D eigenvalue weighted by Gasteiger charge is -2.13. The Morgan fingerprint density at radius 1 is 1.07 bits per heavy atom. The van der Waals surface area contributed by atoms with Gasteiger partial charge >= 0.3 is 0 Å². The maximum atomic E-state index is 12.8. The number of aryl methyl sites for hydroxylation is 1. The van der Waals surface area contributed by atoms with E-state index in [0.717, 1.165) is 0 Å². The van der Waals surface area contributed by atoms with Gasteiger partial charge in [0.2, 0.25) is 0 Å². The van der Waals surface area contributed by atoms with Gasteiger partial charge in [0.1, 0.15) is 12.0 Å². The molecule has 3 rings (SSSR count). The number of amides is 1. The number of carbonyl (C=O) groups excluding carboxylic acids is 1. The standard InChI is InChI=1S/C20H20N2O5S/c1-3-27-18-8-6-16(7-9-18)22-28(24,25)19-12-17(5-4-14(19)2)21-20(23)15-10-11-26-13-15/h4-13,22H,3H2,1-2H3,(H,21,23). The molecular weight excluding hydrogens is 380 g/mol. The Balaban J connectivity index is 1.81. The van der Waals surface area contributed by atoms with Gasteiger partial charge in [-0.05, 0) is 61.9 Å². The van der Waals surface area contributed by atoms with Gasteiger partial charge in [-0.15, -0.1) is 0 Å². The molecule has 146 valence electrons. The first-order chi connectivity index (χ1) is 13.4. The topological polar surface area (TPSA) is 97.6 Å². The van der Waals surface area contributed by atoms with Crippen molar-refractivity contribution in [2.75, 3.05) is 16.6 Å². The van der Waals surface area contributed by atoms with Crippen LogP contribution >= 0.6 is 0 Å². The molecule has 2 N–H and O–H groups in total. The molecule has 0 atom stereocenters. The van der Waals surface area contributed by atoms with Crippen LogP contribution in [0.1, 0.15) is 22.8 Å². The van der Waals surface area contributed by atoms with E-state index in [4.69, 9.17) is 9.15 Å². The van der Waals surface area contributed by atoms with Gasteiger partial charge in [0.25, 0.3) is 15.9 Å². The highest BCUT2D eigenvalue weighted by molar-refractivity contribution is 7.92. The van der Waals surface area contributed by atoms with E-state index >= 15 is 0 Å². The molecule has 3 aromatic rings. The predicted octanol–water partition coefficient (Wildman–Crippen LogP) is 4.04. The Kier molecular flexibility index (Phi) is 5.70. The third-order valence-electron chi connectivity index (χ3n) is 3.94. The molecule has 0 radical (unpaired) electrons. The number of benzene rings is 2. The maximum Gasteiger partial charge on any atom is 0.262 e. The largest absolute Gasteiger partial charge is 0.494 e. The summed E-state index contributed by atoms with van der Waals surface area (Å²) in [6.45, 7) is 4.09. The van der Waals surface area contributed by atoms with Gasteiger partial charge in [-0.3, -0.25) is 9.52 Å². The number of hydrogen-bond acceptors (Lipinski definition) is 5. The minimum Gasteiger partial charge on any atom is -0.494 e. The van der Waals surface area contributed by atoms with Crippen molar-refractivity contribution in [3.05, 3.63) is 72.2 Å². The SMILES string of the molecule is CCOc1ccc(NS(=O)(=O)c2cc(NC(=O)c3ccoc3)ccc2C)cc1. The van der Waals surface area contributed by atoms with E-state index in [9.17, 15) is 13.2 Å². The van der Waals surface area contributed by atoms with Gasteiger partial charge in [0.15, 0.2) is 0 Å². The van der Waals surface area contributed by atoms with Crippen LogP contribution < -0.4 is 14.8 Å². The molecule has 0 aliphatic carbocycles. The van der Waals surface area contributed by atoms with E-state index in [-0.39, 0.29) is 10.8 Å². The van der Waals surface area contributed by atoms with Gasteiger partial charge in [-0.2, -0.15) is 0 Å². The number of rotatable bonds is 7. The molecule has 0 bridgehead atoms. The lowest BCUT2D eigenvalue weighted by Crippen LogP contribution is -2.16. The minimum atomic E-state index is -3.84. The summed E-state index contributed by atoms with van der Waals surface area (Å²) in [6.07, 6.45) is 2.70. The fraction of sp³-hybridized carbons (Fsp3) is 0.150. The Morgan fingerprint density at radius 3 is 2.43 bits per heavy atom.